The molecule has 0 fully saturated rings. The average molecular weight is 382 g/mol. The summed E-state index contributed by atoms with van der Waals surface area (Å²) in [6, 6.07) is 4.87. The fourth-order valence-electron chi connectivity index (χ4n) is 1.56. The van der Waals surface area contributed by atoms with Crippen molar-refractivity contribution in [3.8, 4) is 11.5 Å². The van der Waals surface area contributed by atoms with Crippen molar-refractivity contribution in [1.82, 2.24) is 0 Å². The highest BCUT2D eigenvalue weighted by molar-refractivity contribution is 9.24. The molecule has 1 aromatic carbocycles. The highest BCUT2D eigenvalue weighted by atomic mass is 79.9. The molecule has 0 aromatic heterocycles. The Kier molecular flexibility index (Phi) is 6.49. The lowest BCUT2D eigenvalue weighted by atomic mass is 10.1. The number of benzene rings is 1. The second kappa shape index (κ2) is 7.63. The van der Waals surface area contributed by atoms with E-state index in [4.69, 9.17) is 5.11 Å². The largest absolute Gasteiger partial charge is 0.511 e. The van der Waals surface area contributed by atoms with Crippen molar-refractivity contribution < 1.29 is 19.7 Å². The predicted octanol–water partition coefficient (Wildman–Crippen LogP) is 4.28. The summed E-state index contributed by atoms with van der Waals surface area (Å²) in [7, 11) is 0. The summed E-state index contributed by atoms with van der Waals surface area (Å²) in [5.74, 6) is -0.104. The lowest BCUT2D eigenvalue weighted by molar-refractivity contribution is 0.143. The maximum atomic E-state index is 10.4. The van der Waals surface area contributed by atoms with Crippen LogP contribution in [0.3, 0.4) is 0 Å². The van der Waals surface area contributed by atoms with E-state index < -0.39 is 6.16 Å². The van der Waals surface area contributed by atoms with E-state index in [2.05, 4.69) is 36.6 Å². The van der Waals surface area contributed by atoms with E-state index in [1.807, 2.05) is 0 Å². The fraction of sp³-hybridized carbons (Fsp3) is 0.417. The third-order valence-corrected chi connectivity index (χ3v) is 3.31. The van der Waals surface area contributed by atoms with Crippen molar-refractivity contribution in [2.45, 2.75) is 29.4 Å². The molecule has 0 saturated carbocycles. The van der Waals surface area contributed by atoms with Crippen LogP contribution in [0.2, 0.25) is 0 Å². The Morgan fingerprint density at radius 3 is 2.67 bits per heavy atom. The molecule has 0 aliphatic heterocycles. The smallest absolute Gasteiger partial charge is 0.504 e. The summed E-state index contributed by atoms with van der Waals surface area (Å²) in [5.41, 5.74) is 0.703. The Balaban J connectivity index is 2.58. The van der Waals surface area contributed by atoms with Crippen LogP contribution in [0, 0.1) is 0 Å². The first-order chi connectivity index (χ1) is 8.50. The Bertz CT molecular complexity index is 407. The second-order valence-electron chi connectivity index (χ2n) is 3.77. The molecule has 100 valence electrons. The van der Waals surface area contributed by atoms with Crippen molar-refractivity contribution in [2.75, 3.05) is 0 Å². The molecule has 0 amide bonds. The first kappa shape index (κ1) is 15.3. The average Bonchev–Trinajstić information content (AvgIpc) is 2.28. The Morgan fingerprint density at radius 2 is 2.06 bits per heavy atom. The number of alkyl halides is 2. The summed E-state index contributed by atoms with van der Waals surface area (Å²) < 4.78 is 4.79. The van der Waals surface area contributed by atoms with Crippen LogP contribution in [-0.2, 0) is 6.42 Å². The van der Waals surface area contributed by atoms with Crippen LogP contribution in [0.5, 0.6) is 11.5 Å². The quantitative estimate of drug-likeness (QED) is 0.334. The predicted molar refractivity (Wildman–Crippen MR) is 76.0 cm³/mol. The van der Waals surface area contributed by atoms with E-state index in [1.54, 1.807) is 12.1 Å². The molecule has 0 saturated heterocycles. The molecular formula is C12H14Br2O4. The van der Waals surface area contributed by atoms with Gasteiger partial charge >= 0.3 is 6.16 Å². The maximum absolute atomic E-state index is 10.4. The van der Waals surface area contributed by atoms with Gasteiger partial charge in [-0.2, -0.15) is 0 Å². The van der Waals surface area contributed by atoms with Crippen LogP contribution < -0.4 is 4.74 Å². The van der Waals surface area contributed by atoms with Gasteiger partial charge in [0, 0.05) is 0 Å². The fourth-order valence-corrected chi connectivity index (χ4v) is 2.21. The number of unbranched alkanes of at least 4 members (excludes halogenated alkanes) is 1. The summed E-state index contributed by atoms with van der Waals surface area (Å²) in [6.07, 6.45) is 2.17. The number of carbonyl (C=O) groups is 1. The van der Waals surface area contributed by atoms with Crippen LogP contribution in [0.25, 0.3) is 0 Å². The van der Waals surface area contributed by atoms with Crippen LogP contribution >= 0.6 is 31.9 Å². The third kappa shape index (κ3) is 5.27. The minimum absolute atomic E-state index is 0.0149. The lowest BCUT2D eigenvalue weighted by Crippen LogP contribution is -2.03. The number of hydrogen-bond acceptors (Lipinski definition) is 3. The minimum atomic E-state index is -1.43. The van der Waals surface area contributed by atoms with E-state index in [1.165, 1.54) is 6.07 Å². The minimum Gasteiger partial charge on any atom is -0.504 e. The molecule has 6 heteroatoms. The number of aryl methyl sites for hydroxylation is 1. The number of para-hydroxylation sites is 1. The second-order valence-corrected chi connectivity index (χ2v) is 7.21. The highest BCUT2D eigenvalue weighted by Crippen LogP contribution is 2.31. The van der Waals surface area contributed by atoms with Crippen molar-refractivity contribution in [1.29, 1.82) is 0 Å². The van der Waals surface area contributed by atoms with Crippen LogP contribution in [0.4, 0.5) is 4.79 Å². The first-order valence-corrected chi connectivity index (χ1v) is 7.33. The normalized spacial score (nSPS) is 10.6. The number of halogens is 2. The maximum Gasteiger partial charge on any atom is 0.511 e. The van der Waals surface area contributed by atoms with Crippen molar-refractivity contribution >= 4 is 38.0 Å². The number of rotatable bonds is 6. The van der Waals surface area contributed by atoms with Gasteiger partial charge in [-0.1, -0.05) is 50.4 Å². The number of phenols is 1. The molecule has 0 spiro atoms. The van der Waals surface area contributed by atoms with E-state index in [-0.39, 0.29) is 11.5 Å². The van der Waals surface area contributed by atoms with Gasteiger partial charge in [-0.05, 0) is 30.9 Å². The molecule has 0 aliphatic carbocycles. The van der Waals surface area contributed by atoms with Gasteiger partial charge in [0.15, 0.2) is 11.5 Å². The number of phenolic OH excluding ortho intramolecular Hbond substituents is 1. The first-order valence-electron chi connectivity index (χ1n) is 5.50. The van der Waals surface area contributed by atoms with Gasteiger partial charge in [0.25, 0.3) is 0 Å². The van der Waals surface area contributed by atoms with Gasteiger partial charge < -0.3 is 14.9 Å². The standard InChI is InChI=1S/C12H14Br2O4/c13-10(14)7-2-1-4-8-5-3-6-9(11(8)15)18-12(16)17/h3,5-6,10,15H,1-2,4,7H2,(H,16,17). The molecule has 18 heavy (non-hydrogen) atoms. The van der Waals surface area contributed by atoms with Crippen LogP contribution in [0.15, 0.2) is 18.2 Å². The van der Waals surface area contributed by atoms with E-state index in [9.17, 15) is 9.90 Å². The number of hydrogen-bond donors (Lipinski definition) is 2. The van der Waals surface area contributed by atoms with E-state index >= 15 is 0 Å². The van der Waals surface area contributed by atoms with Gasteiger partial charge in [-0.25, -0.2) is 4.79 Å². The highest BCUT2D eigenvalue weighted by Gasteiger charge is 2.11. The Labute approximate surface area is 122 Å². The summed E-state index contributed by atoms with van der Waals surface area (Å²) in [4.78, 5) is 10.4. The molecule has 4 nitrogen and oxygen atoms in total. The van der Waals surface area contributed by atoms with Gasteiger partial charge in [0.2, 0.25) is 0 Å². The lowest BCUT2D eigenvalue weighted by Gasteiger charge is -2.08. The van der Waals surface area contributed by atoms with Crippen molar-refractivity contribution in [3.05, 3.63) is 23.8 Å². The van der Waals surface area contributed by atoms with Crippen molar-refractivity contribution in [2.24, 2.45) is 0 Å². The number of carboxylic acid groups (broad SMARTS) is 1. The summed E-state index contributed by atoms with van der Waals surface area (Å²) >= 11 is 6.79. The number of aromatic hydroxyl groups is 1. The number of ether oxygens (including phenoxy) is 1. The molecule has 0 aliphatic rings. The van der Waals surface area contributed by atoms with Crippen LogP contribution in [0.1, 0.15) is 24.8 Å². The Morgan fingerprint density at radius 1 is 1.33 bits per heavy atom. The molecule has 0 unspecified atom stereocenters. The Hall–Kier alpha value is -0.750. The van der Waals surface area contributed by atoms with Gasteiger partial charge in [-0.3, -0.25) is 0 Å². The molecular weight excluding hydrogens is 368 g/mol. The molecule has 0 heterocycles. The molecule has 1 aromatic rings. The molecule has 0 bridgehead atoms. The van der Waals surface area contributed by atoms with E-state index in [0.717, 1.165) is 19.3 Å². The molecule has 2 N–H and O–H groups in total. The van der Waals surface area contributed by atoms with Crippen molar-refractivity contribution in [3.63, 3.8) is 0 Å². The van der Waals surface area contributed by atoms with Gasteiger partial charge in [-0.15, -0.1) is 0 Å². The van der Waals surface area contributed by atoms with Gasteiger partial charge in [0.05, 0.1) is 3.74 Å². The zero-order valence-electron chi connectivity index (χ0n) is 9.60. The molecule has 1 rings (SSSR count). The summed E-state index contributed by atoms with van der Waals surface area (Å²) in [6.45, 7) is 0. The van der Waals surface area contributed by atoms with Gasteiger partial charge in [0.1, 0.15) is 0 Å². The third-order valence-electron chi connectivity index (χ3n) is 2.40. The summed E-state index contributed by atoms with van der Waals surface area (Å²) in [5, 5.41) is 18.4. The zero-order valence-corrected chi connectivity index (χ0v) is 12.8. The SMILES string of the molecule is O=C(O)Oc1cccc(CCCCC(Br)Br)c1O. The zero-order chi connectivity index (χ0) is 13.5. The monoisotopic (exact) mass is 380 g/mol. The van der Waals surface area contributed by atoms with E-state index in [0.29, 0.717) is 15.7 Å². The molecule has 0 radical (unpaired) electrons. The van der Waals surface area contributed by atoms with Crippen LogP contribution in [-0.4, -0.2) is 20.1 Å². The topological polar surface area (TPSA) is 66.8 Å². The molecule has 0 atom stereocenters.